The third-order valence-corrected chi connectivity index (χ3v) is 15.5. The molecule has 26 heavy (non-hydrogen) atoms. The lowest BCUT2D eigenvalue weighted by Crippen LogP contribution is -2.50. The van der Waals surface area contributed by atoms with E-state index >= 15 is 0 Å². The Balaban J connectivity index is 2.12. The van der Waals surface area contributed by atoms with Crippen molar-refractivity contribution >= 4 is 22.8 Å². The Bertz CT molecular complexity index is 522. The van der Waals surface area contributed by atoms with Crippen LogP contribution in [0.5, 0.6) is 0 Å². The van der Waals surface area contributed by atoms with Crippen LogP contribution < -0.4 is 0 Å². The smallest absolute Gasteiger partial charge is 0.338 e. The molecule has 0 aromatic heterocycles. The van der Waals surface area contributed by atoms with E-state index in [1.807, 2.05) is 0 Å². The Morgan fingerprint density at radius 1 is 1.08 bits per heavy atom. The van der Waals surface area contributed by atoms with E-state index in [-0.39, 0.29) is 16.4 Å². The Morgan fingerprint density at radius 2 is 1.62 bits per heavy atom. The normalized spacial score (nSPS) is 32.1. The van der Waals surface area contributed by atoms with Crippen molar-refractivity contribution in [3.05, 3.63) is 0 Å². The van der Waals surface area contributed by atoms with Gasteiger partial charge in [0.15, 0.2) is 0 Å². The summed E-state index contributed by atoms with van der Waals surface area (Å²) in [7, 11) is -4.27. The molecule has 0 heterocycles. The Hall–Kier alpha value is -0.176. The van der Waals surface area contributed by atoms with Crippen LogP contribution in [0, 0.1) is 17.3 Å². The van der Waals surface area contributed by atoms with Crippen LogP contribution in [0.1, 0.15) is 60.8 Å². The van der Waals surface area contributed by atoms with Gasteiger partial charge in [-0.1, -0.05) is 20.8 Å². The summed E-state index contributed by atoms with van der Waals surface area (Å²) in [5.74, 6) is 0.987. The highest BCUT2D eigenvalue weighted by Crippen LogP contribution is 2.63. The van der Waals surface area contributed by atoms with Gasteiger partial charge in [-0.25, -0.2) is 0 Å². The van der Waals surface area contributed by atoms with Crippen LogP contribution in [-0.4, -0.2) is 36.1 Å². The van der Waals surface area contributed by atoms with Gasteiger partial charge < -0.3 is 13.3 Å². The second-order valence-electron chi connectivity index (χ2n) is 10.2. The highest BCUT2D eigenvalue weighted by Gasteiger charge is 2.63. The summed E-state index contributed by atoms with van der Waals surface area (Å²) < 4.78 is 18.5. The van der Waals surface area contributed by atoms with E-state index in [1.165, 1.54) is 0 Å². The van der Waals surface area contributed by atoms with E-state index in [2.05, 4.69) is 61.2 Å². The standard InChI is InChI=1S/C20H40O4Si2/c1-10-22-26(9,23-11-2)17-13-16-12-15(17)14-20(16,6)18(21)24-25(7,8)19(3,4)5/h15-17H,10-14H2,1-9H3. The highest BCUT2D eigenvalue weighted by molar-refractivity contribution is 6.75. The molecule has 0 aromatic carbocycles. The summed E-state index contributed by atoms with van der Waals surface area (Å²) in [5, 5.41) is 0.0502. The highest BCUT2D eigenvalue weighted by atomic mass is 28.4. The molecular weight excluding hydrogens is 360 g/mol. The van der Waals surface area contributed by atoms with Gasteiger partial charge in [-0.3, -0.25) is 4.79 Å². The van der Waals surface area contributed by atoms with E-state index in [0.29, 0.717) is 30.6 Å². The van der Waals surface area contributed by atoms with Gasteiger partial charge in [-0.15, -0.1) is 0 Å². The van der Waals surface area contributed by atoms with Crippen LogP contribution in [0.3, 0.4) is 0 Å². The molecule has 2 saturated carbocycles. The predicted octanol–water partition coefficient (Wildman–Crippen LogP) is 5.49. The van der Waals surface area contributed by atoms with Crippen LogP contribution in [0.4, 0.5) is 0 Å². The number of rotatable bonds is 7. The minimum Gasteiger partial charge on any atom is -0.519 e. The van der Waals surface area contributed by atoms with Crippen molar-refractivity contribution in [2.75, 3.05) is 13.2 Å². The second kappa shape index (κ2) is 7.34. The lowest BCUT2D eigenvalue weighted by atomic mass is 9.75. The molecule has 0 N–H and O–H groups in total. The first kappa shape index (κ1) is 22.1. The maximum absolute atomic E-state index is 13.2. The van der Waals surface area contributed by atoms with E-state index in [9.17, 15) is 4.79 Å². The second-order valence-corrected chi connectivity index (χ2v) is 18.3. The summed E-state index contributed by atoms with van der Waals surface area (Å²) in [6.45, 7) is 20.8. The largest absolute Gasteiger partial charge is 0.519 e. The van der Waals surface area contributed by atoms with Crippen molar-refractivity contribution < 1.29 is 18.1 Å². The topological polar surface area (TPSA) is 44.8 Å². The summed E-state index contributed by atoms with van der Waals surface area (Å²) in [5.41, 5.74) is 0.172. The first-order valence-electron chi connectivity index (χ1n) is 10.3. The number of hydrogen-bond acceptors (Lipinski definition) is 4. The van der Waals surface area contributed by atoms with Crippen molar-refractivity contribution in [3.63, 3.8) is 0 Å². The summed E-state index contributed by atoms with van der Waals surface area (Å²) >= 11 is 0. The molecular formula is C20H40O4Si2. The Labute approximate surface area is 162 Å². The van der Waals surface area contributed by atoms with Gasteiger partial charge in [0.2, 0.25) is 0 Å². The van der Waals surface area contributed by atoms with Crippen molar-refractivity contribution in [2.45, 2.75) is 91.0 Å². The predicted molar refractivity (Wildman–Crippen MR) is 111 cm³/mol. The van der Waals surface area contributed by atoms with E-state index < -0.39 is 16.9 Å². The van der Waals surface area contributed by atoms with Crippen LogP contribution in [0.15, 0.2) is 0 Å². The molecule has 0 radical (unpaired) electrons. The van der Waals surface area contributed by atoms with Gasteiger partial charge in [0.25, 0.3) is 14.3 Å². The molecule has 4 nitrogen and oxygen atoms in total. The van der Waals surface area contributed by atoms with Crippen molar-refractivity contribution in [2.24, 2.45) is 17.3 Å². The molecule has 0 aromatic rings. The zero-order valence-electron chi connectivity index (χ0n) is 18.4. The number of fused-ring (bicyclic) bond motifs is 2. The molecule has 0 saturated heterocycles. The minimum atomic E-state index is -2.19. The zero-order valence-corrected chi connectivity index (χ0v) is 20.4. The van der Waals surface area contributed by atoms with Gasteiger partial charge in [0.05, 0.1) is 5.41 Å². The SMILES string of the molecule is CCO[Si](C)(OCC)C1CC2CC1CC2(C)C(=O)O[Si](C)(C)C(C)(C)C. The molecule has 4 unspecified atom stereocenters. The average Bonchev–Trinajstić information content (AvgIpc) is 3.04. The van der Waals surface area contributed by atoms with Gasteiger partial charge in [0, 0.05) is 18.8 Å². The number of carbonyl (C=O) groups excluding carboxylic acids is 1. The first-order chi connectivity index (χ1) is 11.8. The molecule has 4 atom stereocenters. The van der Waals surface area contributed by atoms with E-state index in [1.54, 1.807) is 0 Å². The van der Waals surface area contributed by atoms with Crippen LogP contribution in [0.2, 0.25) is 30.2 Å². The fraction of sp³-hybridized carbons (Fsp3) is 0.950. The molecule has 6 heteroatoms. The Morgan fingerprint density at radius 3 is 2.00 bits per heavy atom. The van der Waals surface area contributed by atoms with E-state index in [0.717, 1.165) is 19.3 Å². The van der Waals surface area contributed by atoms with Crippen LogP contribution in [0.25, 0.3) is 0 Å². The molecule has 2 rings (SSSR count). The number of carbonyl (C=O) groups is 1. The molecule has 0 spiro atoms. The third-order valence-electron chi connectivity index (χ3n) is 7.44. The lowest BCUT2D eigenvalue weighted by Gasteiger charge is -2.43. The average molecular weight is 401 g/mol. The molecule has 2 fully saturated rings. The minimum absolute atomic E-state index is 0.0474. The lowest BCUT2D eigenvalue weighted by molar-refractivity contribution is -0.149. The fourth-order valence-electron chi connectivity index (χ4n) is 4.80. The molecule has 2 bridgehead atoms. The third kappa shape index (κ3) is 3.84. The Kier molecular flexibility index (Phi) is 6.24. The van der Waals surface area contributed by atoms with Crippen molar-refractivity contribution in [1.29, 1.82) is 0 Å². The molecule has 152 valence electrons. The maximum Gasteiger partial charge on any atom is 0.338 e. The molecule has 0 aliphatic heterocycles. The summed E-state index contributed by atoms with van der Waals surface area (Å²) in [6, 6.07) is 0. The first-order valence-corrected chi connectivity index (χ1v) is 15.6. The quantitative estimate of drug-likeness (QED) is 0.530. The zero-order chi connectivity index (χ0) is 20.0. The van der Waals surface area contributed by atoms with Gasteiger partial charge in [-0.2, -0.15) is 0 Å². The van der Waals surface area contributed by atoms with Gasteiger partial charge in [-0.05, 0) is 76.5 Å². The van der Waals surface area contributed by atoms with E-state index in [4.69, 9.17) is 13.3 Å². The molecule has 2 aliphatic rings. The molecule has 0 amide bonds. The monoisotopic (exact) mass is 400 g/mol. The number of hydrogen-bond donors (Lipinski definition) is 0. The van der Waals surface area contributed by atoms with Crippen molar-refractivity contribution in [3.8, 4) is 0 Å². The fourth-order valence-corrected chi connectivity index (χ4v) is 9.29. The molecule has 2 aliphatic carbocycles. The van der Waals surface area contributed by atoms with Gasteiger partial charge >= 0.3 is 8.56 Å². The van der Waals surface area contributed by atoms with Crippen LogP contribution in [-0.2, 0) is 18.1 Å². The van der Waals surface area contributed by atoms with Gasteiger partial charge in [0.1, 0.15) is 0 Å². The summed E-state index contributed by atoms with van der Waals surface area (Å²) in [6.07, 6.45) is 3.10. The van der Waals surface area contributed by atoms with Crippen molar-refractivity contribution in [1.82, 2.24) is 0 Å². The van der Waals surface area contributed by atoms with Crippen LogP contribution >= 0.6 is 0 Å². The summed E-state index contributed by atoms with van der Waals surface area (Å²) in [4.78, 5) is 13.2. The maximum atomic E-state index is 13.2.